The fourth-order valence-corrected chi connectivity index (χ4v) is 4.35. The molecule has 1 aliphatic carbocycles. The lowest BCUT2D eigenvalue weighted by Gasteiger charge is -2.50. The number of benzene rings is 1. The largest absolute Gasteiger partial charge is 0.480 e. The minimum atomic E-state index is -0.931. The molecule has 0 bridgehead atoms. The summed E-state index contributed by atoms with van der Waals surface area (Å²) in [6.45, 7) is 8.59. The average Bonchev–Trinajstić information content (AvgIpc) is 2.28. The number of carboxylic acids is 1. The lowest BCUT2D eigenvalue weighted by atomic mass is 9.58. The van der Waals surface area contributed by atoms with Gasteiger partial charge in [0.25, 0.3) is 0 Å². The molecule has 0 atom stereocenters. The number of hydrogen-bond donors (Lipinski definition) is 2. The van der Waals surface area contributed by atoms with Crippen molar-refractivity contribution >= 4 is 23.3 Å². The van der Waals surface area contributed by atoms with Crippen LogP contribution in [0, 0.1) is 10.8 Å². The maximum Gasteiger partial charge on any atom is 0.329 e. The third kappa shape index (κ3) is 3.70. The van der Waals surface area contributed by atoms with Crippen LogP contribution in [-0.4, -0.2) is 16.6 Å². The van der Waals surface area contributed by atoms with Gasteiger partial charge in [-0.25, -0.2) is 4.79 Å². The van der Waals surface area contributed by atoms with Crippen LogP contribution in [0.3, 0.4) is 0 Å². The molecule has 0 aromatic heterocycles. The summed E-state index contributed by atoms with van der Waals surface area (Å²) in [5.74, 6) is -0.779. The Balaban J connectivity index is 2.36. The van der Waals surface area contributed by atoms with Crippen LogP contribution in [0.25, 0.3) is 0 Å². The molecule has 0 radical (unpaired) electrons. The van der Waals surface area contributed by atoms with E-state index in [1.165, 1.54) is 0 Å². The van der Waals surface area contributed by atoms with E-state index in [0.717, 1.165) is 12.1 Å². The van der Waals surface area contributed by atoms with E-state index in [-0.39, 0.29) is 10.8 Å². The molecular weight excluding hydrogens is 286 g/mol. The predicted octanol–water partition coefficient (Wildman–Crippen LogP) is 4.81. The molecule has 0 unspecified atom stereocenters. The number of nitrogens with one attached hydrogen (secondary N) is 1. The first-order valence-corrected chi connectivity index (χ1v) is 7.69. The first-order valence-electron chi connectivity index (χ1n) is 7.31. The SMILES string of the molecule is CC1(C)CC(C)(C)CC(Nc2ccc(Cl)cc2)(C(=O)O)C1. The van der Waals surface area contributed by atoms with Crippen molar-refractivity contribution in [1.29, 1.82) is 0 Å². The van der Waals surface area contributed by atoms with E-state index in [0.29, 0.717) is 17.9 Å². The monoisotopic (exact) mass is 309 g/mol. The maximum atomic E-state index is 12.0. The third-order valence-corrected chi connectivity index (χ3v) is 4.41. The van der Waals surface area contributed by atoms with Crippen LogP contribution in [0.5, 0.6) is 0 Å². The molecule has 0 heterocycles. The summed E-state index contributed by atoms with van der Waals surface area (Å²) >= 11 is 5.90. The molecule has 2 N–H and O–H groups in total. The lowest BCUT2D eigenvalue weighted by molar-refractivity contribution is -0.147. The van der Waals surface area contributed by atoms with E-state index in [1.807, 2.05) is 12.1 Å². The summed E-state index contributed by atoms with van der Waals surface area (Å²) in [5, 5.41) is 13.8. The Hall–Kier alpha value is -1.22. The third-order valence-electron chi connectivity index (χ3n) is 4.15. The van der Waals surface area contributed by atoms with Crippen LogP contribution in [0.1, 0.15) is 47.0 Å². The van der Waals surface area contributed by atoms with Gasteiger partial charge in [-0.05, 0) is 54.4 Å². The summed E-state index contributed by atoms with van der Waals surface area (Å²) in [6.07, 6.45) is 2.25. The zero-order chi connectivity index (χ0) is 15.9. The Morgan fingerprint density at radius 1 is 1.05 bits per heavy atom. The number of rotatable bonds is 3. The zero-order valence-electron chi connectivity index (χ0n) is 13.2. The molecule has 0 spiro atoms. The molecule has 1 fully saturated rings. The average molecular weight is 310 g/mol. The van der Waals surface area contributed by atoms with Crippen molar-refractivity contribution in [2.75, 3.05) is 5.32 Å². The minimum absolute atomic E-state index is 0.0143. The van der Waals surface area contributed by atoms with Crippen LogP contribution in [0.4, 0.5) is 5.69 Å². The highest BCUT2D eigenvalue weighted by molar-refractivity contribution is 6.30. The summed E-state index contributed by atoms with van der Waals surface area (Å²) in [7, 11) is 0. The second kappa shape index (κ2) is 5.20. The van der Waals surface area contributed by atoms with Crippen molar-refractivity contribution in [2.24, 2.45) is 10.8 Å². The summed E-state index contributed by atoms with van der Waals surface area (Å²) in [5.41, 5.74) is -0.159. The molecule has 0 aliphatic heterocycles. The molecule has 1 aromatic rings. The van der Waals surface area contributed by atoms with E-state index in [4.69, 9.17) is 11.6 Å². The predicted molar refractivity (Wildman–Crippen MR) is 86.9 cm³/mol. The van der Waals surface area contributed by atoms with Crippen molar-refractivity contribution in [3.8, 4) is 0 Å². The number of hydrogen-bond acceptors (Lipinski definition) is 2. The molecular formula is C17H24ClNO2. The fraction of sp³-hybridized carbons (Fsp3) is 0.588. The molecule has 116 valence electrons. The van der Waals surface area contributed by atoms with Gasteiger partial charge in [0.1, 0.15) is 5.54 Å². The van der Waals surface area contributed by atoms with Crippen LogP contribution in [0.15, 0.2) is 24.3 Å². The Kier molecular flexibility index (Phi) is 4.00. The zero-order valence-corrected chi connectivity index (χ0v) is 13.9. The van der Waals surface area contributed by atoms with Gasteiger partial charge in [-0.2, -0.15) is 0 Å². The second-order valence-electron chi connectivity index (χ2n) is 7.88. The topological polar surface area (TPSA) is 49.3 Å². The van der Waals surface area contributed by atoms with Crippen molar-refractivity contribution in [2.45, 2.75) is 52.5 Å². The van der Waals surface area contributed by atoms with Gasteiger partial charge < -0.3 is 10.4 Å². The molecule has 21 heavy (non-hydrogen) atoms. The smallest absolute Gasteiger partial charge is 0.329 e. The molecule has 3 nitrogen and oxygen atoms in total. The Labute approximate surface area is 131 Å². The summed E-state index contributed by atoms with van der Waals surface area (Å²) < 4.78 is 0. The van der Waals surface area contributed by atoms with Gasteiger partial charge in [0.05, 0.1) is 0 Å². The number of aliphatic carboxylic acids is 1. The van der Waals surface area contributed by atoms with Gasteiger partial charge >= 0.3 is 5.97 Å². The Morgan fingerprint density at radius 2 is 1.52 bits per heavy atom. The first kappa shape index (κ1) is 16.2. The highest BCUT2D eigenvalue weighted by atomic mass is 35.5. The van der Waals surface area contributed by atoms with Crippen LogP contribution >= 0.6 is 11.6 Å². The number of anilines is 1. The summed E-state index contributed by atoms with van der Waals surface area (Å²) in [6, 6.07) is 7.22. The standard InChI is InChI=1S/C17H24ClNO2/c1-15(2)9-16(3,4)11-17(10-15,14(20)21)19-13-7-5-12(18)6-8-13/h5-8,19H,9-11H2,1-4H3,(H,20,21). The molecule has 1 aromatic carbocycles. The summed E-state index contributed by atoms with van der Waals surface area (Å²) in [4.78, 5) is 12.0. The molecule has 2 rings (SSSR count). The van der Waals surface area contributed by atoms with Gasteiger partial charge in [-0.15, -0.1) is 0 Å². The normalized spacial score (nSPS) is 22.5. The fourth-order valence-electron chi connectivity index (χ4n) is 4.22. The van der Waals surface area contributed by atoms with Gasteiger partial charge in [0.15, 0.2) is 0 Å². The number of carbonyl (C=O) groups is 1. The van der Waals surface area contributed by atoms with E-state index in [2.05, 4.69) is 33.0 Å². The quantitative estimate of drug-likeness (QED) is 0.842. The van der Waals surface area contributed by atoms with Crippen LogP contribution in [-0.2, 0) is 4.79 Å². The highest BCUT2D eigenvalue weighted by Gasteiger charge is 2.52. The molecule has 0 saturated heterocycles. The highest BCUT2D eigenvalue weighted by Crippen LogP contribution is 2.51. The lowest BCUT2D eigenvalue weighted by Crippen LogP contribution is -2.56. The van der Waals surface area contributed by atoms with Crippen molar-refractivity contribution < 1.29 is 9.90 Å². The molecule has 1 saturated carbocycles. The number of carboxylic acid groups (broad SMARTS) is 1. The Morgan fingerprint density at radius 3 is 1.95 bits per heavy atom. The second-order valence-corrected chi connectivity index (χ2v) is 8.31. The van der Waals surface area contributed by atoms with Gasteiger partial charge in [0, 0.05) is 10.7 Å². The van der Waals surface area contributed by atoms with Gasteiger partial charge in [0.2, 0.25) is 0 Å². The van der Waals surface area contributed by atoms with Gasteiger partial charge in [-0.1, -0.05) is 39.3 Å². The first-order chi connectivity index (χ1) is 9.54. The van der Waals surface area contributed by atoms with Crippen LogP contribution in [0.2, 0.25) is 5.02 Å². The van der Waals surface area contributed by atoms with E-state index < -0.39 is 11.5 Å². The van der Waals surface area contributed by atoms with Crippen molar-refractivity contribution in [1.82, 2.24) is 0 Å². The Bertz CT molecular complexity index is 518. The molecule has 0 amide bonds. The minimum Gasteiger partial charge on any atom is -0.480 e. The maximum absolute atomic E-state index is 12.0. The van der Waals surface area contributed by atoms with E-state index >= 15 is 0 Å². The van der Waals surface area contributed by atoms with Gasteiger partial charge in [-0.3, -0.25) is 0 Å². The van der Waals surface area contributed by atoms with E-state index in [1.54, 1.807) is 12.1 Å². The van der Waals surface area contributed by atoms with Crippen molar-refractivity contribution in [3.05, 3.63) is 29.3 Å². The molecule has 1 aliphatic rings. The molecule has 4 heteroatoms. The van der Waals surface area contributed by atoms with E-state index in [9.17, 15) is 9.90 Å². The van der Waals surface area contributed by atoms with Crippen LogP contribution < -0.4 is 5.32 Å². The number of halogens is 1. The van der Waals surface area contributed by atoms with Crippen molar-refractivity contribution in [3.63, 3.8) is 0 Å².